The van der Waals surface area contributed by atoms with Crippen molar-refractivity contribution in [3.8, 4) is 5.75 Å². The van der Waals surface area contributed by atoms with Crippen LogP contribution in [0.1, 0.15) is 18.6 Å². The summed E-state index contributed by atoms with van der Waals surface area (Å²) in [5.74, 6) is -0.0169. The van der Waals surface area contributed by atoms with Gasteiger partial charge in [0.2, 0.25) is 0 Å². The second kappa shape index (κ2) is 4.93. The molecule has 1 atom stereocenters. The van der Waals surface area contributed by atoms with Crippen LogP contribution in [0.15, 0.2) is 18.2 Å². The topological polar surface area (TPSA) is 29.5 Å². The molecule has 1 aromatic carbocycles. The van der Waals surface area contributed by atoms with E-state index >= 15 is 0 Å². The molecule has 0 saturated carbocycles. The van der Waals surface area contributed by atoms with Crippen molar-refractivity contribution in [3.05, 3.63) is 28.8 Å². The van der Waals surface area contributed by atoms with Crippen molar-refractivity contribution in [2.75, 3.05) is 6.61 Å². The Kier molecular flexibility index (Phi) is 4.04. The molecule has 1 N–H and O–H groups in total. The summed E-state index contributed by atoms with van der Waals surface area (Å²) in [4.78, 5) is 0. The molecule has 0 aliphatic rings. The van der Waals surface area contributed by atoms with E-state index in [1.807, 2.05) is 0 Å². The molecule has 2 nitrogen and oxygen atoms in total. The highest BCUT2D eigenvalue weighted by Gasteiger charge is 2.41. The number of hydrogen-bond donors (Lipinski definition) is 1. The summed E-state index contributed by atoms with van der Waals surface area (Å²) < 4.78 is 42.0. The number of aliphatic hydroxyl groups excluding tert-OH is 1. The molecule has 1 unspecified atom stereocenters. The summed E-state index contributed by atoms with van der Waals surface area (Å²) >= 11 is 5.58. The van der Waals surface area contributed by atoms with Gasteiger partial charge in [0.1, 0.15) is 5.75 Å². The van der Waals surface area contributed by atoms with Gasteiger partial charge in [0.05, 0.1) is 6.61 Å². The van der Waals surface area contributed by atoms with Crippen LogP contribution < -0.4 is 4.74 Å². The molecule has 0 aromatic heterocycles. The first-order valence-electron chi connectivity index (χ1n) is 4.53. The number of halogens is 4. The number of benzene rings is 1. The smallest absolute Gasteiger partial charge is 0.418 e. The SMILES string of the molecule is CCOc1ccc(Cl)cc1C(O)C(F)(F)F. The third-order valence-corrected chi connectivity index (χ3v) is 2.11. The van der Waals surface area contributed by atoms with Gasteiger partial charge in [-0.25, -0.2) is 0 Å². The van der Waals surface area contributed by atoms with E-state index in [1.54, 1.807) is 6.92 Å². The lowest BCUT2D eigenvalue weighted by molar-refractivity contribution is -0.207. The van der Waals surface area contributed by atoms with Gasteiger partial charge >= 0.3 is 6.18 Å². The number of rotatable bonds is 3. The Hall–Kier alpha value is -0.940. The molecule has 16 heavy (non-hydrogen) atoms. The number of alkyl halides is 3. The highest BCUT2D eigenvalue weighted by Crippen LogP contribution is 2.38. The van der Waals surface area contributed by atoms with E-state index in [0.717, 1.165) is 6.07 Å². The monoisotopic (exact) mass is 254 g/mol. The van der Waals surface area contributed by atoms with Gasteiger partial charge in [-0.1, -0.05) is 11.6 Å². The van der Waals surface area contributed by atoms with Crippen molar-refractivity contribution in [1.29, 1.82) is 0 Å². The summed E-state index contributed by atoms with van der Waals surface area (Å²) in [7, 11) is 0. The molecule has 0 aliphatic heterocycles. The lowest BCUT2D eigenvalue weighted by Gasteiger charge is -2.18. The summed E-state index contributed by atoms with van der Waals surface area (Å²) in [6.45, 7) is 1.84. The largest absolute Gasteiger partial charge is 0.493 e. The maximum Gasteiger partial charge on any atom is 0.418 e. The molecular formula is C10H10ClF3O2. The standard InChI is InChI=1S/C10H10ClF3O2/c1-2-16-8-4-3-6(11)5-7(8)9(15)10(12,13)14/h3-5,9,15H,2H2,1H3. The Labute approximate surface area is 95.6 Å². The van der Waals surface area contributed by atoms with Crippen molar-refractivity contribution >= 4 is 11.6 Å². The third-order valence-electron chi connectivity index (χ3n) is 1.88. The molecule has 6 heteroatoms. The Balaban J connectivity index is 3.14. The van der Waals surface area contributed by atoms with E-state index in [0.29, 0.717) is 0 Å². The van der Waals surface area contributed by atoms with Crippen LogP contribution in [0.3, 0.4) is 0 Å². The highest BCUT2D eigenvalue weighted by atomic mass is 35.5. The van der Waals surface area contributed by atoms with Gasteiger partial charge in [-0.2, -0.15) is 13.2 Å². The summed E-state index contributed by atoms with van der Waals surface area (Å²) in [6, 6.07) is 3.75. The summed E-state index contributed by atoms with van der Waals surface area (Å²) in [5, 5.41) is 9.24. The quantitative estimate of drug-likeness (QED) is 0.896. The summed E-state index contributed by atoms with van der Waals surface area (Å²) in [5.41, 5.74) is -0.373. The minimum atomic E-state index is -4.74. The minimum Gasteiger partial charge on any atom is -0.493 e. The van der Waals surface area contributed by atoms with Crippen LogP contribution in [0.4, 0.5) is 13.2 Å². The van der Waals surface area contributed by atoms with Crippen LogP contribution in [0, 0.1) is 0 Å². The molecule has 90 valence electrons. The number of hydrogen-bond acceptors (Lipinski definition) is 2. The molecule has 0 fully saturated rings. The van der Waals surface area contributed by atoms with Crippen LogP contribution in [0.5, 0.6) is 5.75 Å². The fourth-order valence-electron chi connectivity index (χ4n) is 1.20. The fourth-order valence-corrected chi connectivity index (χ4v) is 1.38. The molecule has 0 radical (unpaired) electrons. The molecule has 0 heterocycles. The molecular weight excluding hydrogens is 245 g/mol. The molecule has 0 spiro atoms. The van der Waals surface area contributed by atoms with Crippen molar-refractivity contribution in [3.63, 3.8) is 0 Å². The molecule has 1 rings (SSSR count). The summed E-state index contributed by atoms with van der Waals surface area (Å²) in [6.07, 6.45) is -7.33. The van der Waals surface area contributed by atoms with E-state index in [4.69, 9.17) is 21.4 Å². The predicted molar refractivity (Wildman–Crippen MR) is 53.6 cm³/mol. The van der Waals surface area contributed by atoms with Gasteiger partial charge in [0.25, 0.3) is 0 Å². The van der Waals surface area contributed by atoms with E-state index in [2.05, 4.69) is 0 Å². The van der Waals surface area contributed by atoms with Crippen LogP contribution in [0.25, 0.3) is 0 Å². The first-order valence-corrected chi connectivity index (χ1v) is 4.91. The second-order valence-corrected chi connectivity index (χ2v) is 3.50. The van der Waals surface area contributed by atoms with Gasteiger partial charge in [-0.3, -0.25) is 0 Å². The molecule has 0 bridgehead atoms. The lowest BCUT2D eigenvalue weighted by Crippen LogP contribution is -2.21. The second-order valence-electron chi connectivity index (χ2n) is 3.06. The van der Waals surface area contributed by atoms with E-state index in [-0.39, 0.29) is 22.9 Å². The van der Waals surface area contributed by atoms with Crippen molar-refractivity contribution in [2.45, 2.75) is 19.2 Å². The lowest BCUT2D eigenvalue weighted by atomic mass is 10.1. The molecule has 1 aromatic rings. The van der Waals surface area contributed by atoms with Gasteiger partial charge in [-0.05, 0) is 25.1 Å². The number of aliphatic hydroxyl groups is 1. The zero-order valence-electron chi connectivity index (χ0n) is 8.38. The third kappa shape index (κ3) is 3.02. The molecule has 0 saturated heterocycles. The van der Waals surface area contributed by atoms with Crippen LogP contribution >= 0.6 is 11.6 Å². The van der Waals surface area contributed by atoms with Crippen LogP contribution in [-0.4, -0.2) is 17.9 Å². The van der Waals surface area contributed by atoms with Crippen LogP contribution in [0.2, 0.25) is 5.02 Å². The first kappa shape index (κ1) is 13.1. The Bertz CT molecular complexity index is 366. The van der Waals surface area contributed by atoms with Gasteiger partial charge < -0.3 is 9.84 Å². The van der Waals surface area contributed by atoms with Gasteiger partial charge in [0.15, 0.2) is 6.10 Å². The predicted octanol–water partition coefficient (Wildman–Crippen LogP) is 3.33. The van der Waals surface area contributed by atoms with Crippen molar-refractivity contribution in [1.82, 2.24) is 0 Å². The fraction of sp³-hybridized carbons (Fsp3) is 0.400. The Morgan fingerprint density at radius 2 is 2.06 bits per heavy atom. The maximum atomic E-state index is 12.3. The Morgan fingerprint density at radius 3 is 2.56 bits per heavy atom. The zero-order valence-corrected chi connectivity index (χ0v) is 9.14. The minimum absolute atomic E-state index is 0.0169. The van der Waals surface area contributed by atoms with E-state index in [1.165, 1.54) is 12.1 Å². The Morgan fingerprint density at radius 1 is 1.44 bits per heavy atom. The average molecular weight is 255 g/mol. The first-order chi connectivity index (χ1) is 7.36. The van der Waals surface area contributed by atoms with Crippen molar-refractivity contribution in [2.24, 2.45) is 0 Å². The van der Waals surface area contributed by atoms with Gasteiger partial charge in [-0.15, -0.1) is 0 Å². The van der Waals surface area contributed by atoms with E-state index in [9.17, 15) is 13.2 Å². The van der Waals surface area contributed by atoms with Crippen molar-refractivity contribution < 1.29 is 23.0 Å². The molecule has 0 aliphatic carbocycles. The highest BCUT2D eigenvalue weighted by molar-refractivity contribution is 6.30. The maximum absolute atomic E-state index is 12.3. The normalized spacial score (nSPS) is 13.6. The van der Waals surface area contributed by atoms with Crippen LogP contribution in [-0.2, 0) is 0 Å². The molecule has 0 amide bonds. The average Bonchev–Trinajstić information content (AvgIpc) is 2.18. The van der Waals surface area contributed by atoms with Gasteiger partial charge in [0, 0.05) is 10.6 Å². The van der Waals surface area contributed by atoms with E-state index < -0.39 is 12.3 Å². The zero-order chi connectivity index (χ0) is 12.3. The number of ether oxygens (including phenoxy) is 1.